The molecule has 4 heteroatoms. The van der Waals surface area contributed by atoms with E-state index in [1.165, 1.54) is 5.56 Å². The first-order chi connectivity index (χ1) is 7.74. The van der Waals surface area contributed by atoms with E-state index in [4.69, 9.17) is 0 Å². The van der Waals surface area contributed by atoms with Crippen molar-refractivity contribution < 1.29 is 0 Å². The van der Waals surface area contributed by atoms with Crippen LogP contribution in [0.2, 0.25) is 0 Å². The van der Waals surface area contributed by atoms with Crippen molar-refractivity contribution in [2.75, 3.05) is 0 Å². The zero-order valence-electron chi connectivity index (χ0n) is 8.36. The van der Waals surface area contributed by atoms with Crippen LogP contribution in [0.15, 0.2) is 56.6 Å². The fraction of sp³-hybridized carbons (Fsp3) is 0.0833. The Labute approximate surface area is 116 Å². The minimum atomic E-state index is 0.946. The SMILES string of the molecule is Brc1ccc(CSc2ccc(Br)cn2)cc1. The number of nitrogens with zero attached hydrogens (tertiary/aromatic N) is 1. The lowest BCUT2D eigenvalue weighted by Gasteiger charge is -2.01. The predicted octanol–water partition coefficient (Wildman–Crippen LogP) is 4.90. The monoisotopic (exact) mass is 357 g/mol. The molecular formula is C12H9Br2NS. The first-order valence-corrected chi connectivity index (χ1v) is 7.30. The van der Waals surface area contributed by atoms with Crippen LogP contribution in [0, 0.1) is 0 Å². The molecule has 2 rings (SSSR count). The Hall–Kier alpha value is -0.320. The van der Waals surface area contributed by atoms with Crippen LogP contribution in [0.3, 0.4) is 0 Å². The number of pyridine rings is 1. The smallest absolute Gasteiger partial charge is 0.0963 e. The summed E-state index contributed by atoms with van der Waals surface area (Å²) in [7, 11) is 0. The van der Waals surface area contributed by atoms with E-state index in [9.17, 15) is 0 Å². The summed E-state index contributed by atoms with van der Waals surface area (Å²) >= 11 is 8.54. The van der Waals surface area contributed by atoms with Gasteiger partial charge in [-0.1, -0.05) is 28.1 Å². The van der Waals surface area contributed by atoms with Crippen LogP contribution < -0.4 is 0 Å². The molecule has 0 aliphatic heterocycles. The van der Waals surface area contributed by atoms with Crippen LogP contribution in [0.25, 0.3) is 0 Å². The molecule has 82 valence electrons. The van der Waals surface area contributed by atoms with Crippen molar-refractivity contribution in [1.29, 1.82) is 0 Å². The number of hydrogen-bond acceptors (Lipinski definition) is 2. The van der Waals surface area contributed by atoms with Crippen molar-refractivity contribution in [3.63, 3.8) is 0 Å². The minimum absolute atomic E-state index is 0.946. The summed E-state index contributed by atoms with van der Waals surface area (Å²) in [5.41, 5.74) is 1.30. The predicted molar refractivity (Wildman–Crippen MR) is 75.6 cm³/mol. The zero-order chi connectivity index (χ0) is 11.4. The molecule has 0 saturated heterocycles. The van der Waals surface area contributed by atoms with Crippen LogP contribution in [0.4, 0.5) is 0 Å². The lowest BCUT2D eigenvalue weighted by molar-refractivity contribution is 1.12. The van der Waals surface area contributed by atoms with E-state index in [-0.39, 0.29) is 0 Å². The summed E-state index contributed by atoms with van der Waals surface area (Å²) in [4.78, 5) is 4.32. The third-order valence-electron chi connectivity index (χ3n) is 2.00. The van der Waals surface area contributed by atoms with E-state index >= 15 is 0 Å². The molecule has 2 aromatic rings. The van der Waals surface area contributed by atoms with Crippen molar-refractivity contribution in [3.8, 4) is 0 Å². The Kier molecular flexibility index (Phi) is 4.44. The van der Waals surface area contributed by atoms with Crippen LogP contribution in [-0.2, 0) is 5.75 Å². The standard InChI is InChI=1S/C12H9Br2NS/c13-10-3-1-9(2-4-10)8-16-12-6-5-11(14)7-15-12/h1-7H,8H2. The number of rotatable bonds is 3. The van der Waals surface area contributed by atoms with Crippen molar-refractivity contribution in [2.45, 2.75) is 10.8 Å². The molecule has 0 radical (unpaired) electrons. The van der Waals surface area contributed by atoms with Gasteiger partial charge in [0.25, 0.3) is 0 Å². The highest BCUT2D eigenvalue weighted by Crippen LogP contribution is 2.22. The fourth-order valence-electron chi connectivity index (χ4n) is 1.19. The molecule has 0 amide bonds. The molecule has 0 unspecified atom stereocenters. The van der Waals surface area contributed by atoms with Gasteiger partial charge in [0.1, 0.15) is 0 Å². The first kappa shape index (κ1) is 12.1. The molecule has 1 nitrogen and oxygen atoms in total. The van der Waals surface area contributed by atoms with Crippen molar-refractivity contribution >= 4 is 43.6 Å². The van der Waals surface area contributed by atoms with Gasteiger partial charge in [-0.15, -0.1) is 11.8 Å². The topological polar surface area (TPSA) is 12.9 Å². The molecule has 0 saturated carbocycles. The number of thioether (sulfide) groups is 1. The molecule has 0 aliphatic rings. The van der Waals surface area contributed by atoms with Crippen LogP contribution in [0.1, 0.15) is 5.56 Å². The summed E-state index contributed by atoms with van der Waals surface area (Å²) in [6.45, 7) is 0. The third-order valence-corrected chi connectivity index (χ3v) is 4.01. The van der Waals surface area contributed by atoms with Gasteiger partial charge in [0, 0.05) is 20.9 Å². The summed E-state index contributed by atoms with van der Waals surface area (Å²) < 4.78 is 2.13. The molecule has 1 aromatic heterocycles. The Balaban J connectivity index is 1.97. The summed E-state index contributed by atoms with van der Waals surface area (Å²) in [5, 5.41) is 1.05. The normalized spacial score (nSPS) is 10.4. The lowest BCUT2D eigenvalue weighted by Crippen LogP contribution is -1.82. The summed E-state index contributed by atoms with van der Waals surface area (Å²) in [5.74, 6) is 0.946. The van der Waals surface area contributed by atoms with Gasteiger partial charge in [-0.05, 0) is 45.8 Å². The first-order valence-electron chi connectivity index (χ1n) is 4.73. The fourth-order valence-corrected chi connectivity index (χ4v) is 2.48. The Bertz CT molecular complexity index is 408. The highest BCUT2D eigenvalue weighted by Gasteiger charge is 1.97. The molecule has 0 spiro atoms. The van der Waals surface area contributed by atoms with Gasteiger partial charge < -0.3 is 0 Å². The molecule has 0 fully saturated rings. The number of benzene rings is 1. The quantitative estimate of drug-likeness (QED) is 0.724. The van der Waals surface area contributed by atoms with Gasteiger partial charge in [0.15, 0.2) is 0 Å². The minimum Gasteiger partial charge on any atom is -0.249 e. The third kappa shape index (κ3) is 3.61. The maximum absolute atomic E-state index is 4.32. The van der Waals surface area contributed by atoms with Crippen molar-refractivity contribution in [3.05, 3.63) is 57.1 Å². The molecule has 16 heavy (non-hydrogen) atoms. The number of hydrogen-bond donors (Lipinski definition) is 0. The van der Waals surface area contributed by atoms with E-state index in [0.29, 0.717) is 0 Å². The lowest BCUT2D eigenvalue weighted by atomic mass is 10.2. The van der Waals surface area contributed by atoms with E-state index in [0.717, 1.165) is 19.7 Å². The number of halogens is 2. The average molecular weight is 359 g/mol. The van der Waals surface area contributed by atoms with Crippen LogP contribution >= 0.6 is 43.6 Å². The molecular weight excluding hydrogens is 350 g/mol. The van der Waals surface area contributed by atoms with Crippen molar-refractivity contribution in [1.82, 2.24) is 4.98 Å². The molecule has 1 aromatic carbocycles. The Morgan fingerprint density at radius 2 is 1.62 bits per heavy atom. The highest BCUT2D eigenvalue weighted by molar-refractivity contribution is 9.10. The van der Waals surface area contributed by atoms with Gasteiger partial charge in [-0.3, -0.25) is 0 Å². The average Bonchev–Trinajstić information content (AvgIpc) is 2.30. The second kappa shape index (κ2) is 5.84. The maximum atomic E-state index is 4.32. The molecule has 0 atom stereocenters. The second-order valence-corrected chi connectivity index (χ2v) is 6.06. The summed E-state index contributed by atoms with van der Waals surface area (Å²) in [6, 6.07) is 12.4. The molecule has 0 bridgehead atoms. The van der Waals surface area contributed by atoms with Gasteiger partial charge in [0.2, 0.25) is 0 Å². The molecule has 1 heterocycles. The summed E-state index contributed by atoms with van der Waals surface area (Å²) in [6.07, 6.45) is 1.82. The molecule has 0 aliphatic carbocycles. The second-order valence-electron chi connectivity index (χ2n) is 3.23. The van der Waals surface area contributed by atoms with Gasteiger partial charge in [0.05, 0.1) is 5.03 Å². The van der Waals surface area contributed by atoms with E-state index in [1.54, 1.807) is 11.8 Å². The number of aromatic nitrogens is 1. The molecule has 0 N–H and O–H groups in total. The van der Waals surface area contributed by atoms with E-state index < -0.39 is 0 Å². The highest BCUT2D eigenvalue weighted by atomic mass is 79.9. The largest absolute Gasteiger partial charge is 0.249 e. The van der Waals surface area contributed by atoms with Gasteiger partial charge >= 0.3 is 0 Å². The zero-order valence-corrected chi connectivity index (χ0v) is 12.3. The van der Waals surface area contributed by atoms with Gasteiger partial charge in [-0.25, -0.2) is 4.98 Å². The Morgan fingerprint density at radius 3 is 2.25 bits per heavy atom. The maximum Gasteiger partial charge on any atom is 0.0963 e. The van der Waals surface area contributed by atoms with Gasteiger partial charge in [-0.2, -0.15) is 0 Å². The van der Waals surface area contributed by atoms with E-state index in [2.05, 4.69) is 61.1 Å². The Morgan fingerprint density at radius 1 is 0.938 bits per heavy atom. The van der Waals surface area contributed by atoms with Crippen molar-refractivity contribution in [2.24, 2.45) is 0 Å². The van der Waals surface area contributed by atoms with E-state index in [1.807, 2.05) is 18.3 Å². The van der Waals surface area contributed by atoms with Crippen LogP contribution in [0.5, 0.6) is 0 Å². The van der Waals surface area contributed by atoms with Crippen LogP contribution in [-0.4, -0.2) is 4.98 Å².